The number of hydrogen-bond acceptors (Lipinski definition) is 3. The summed E-state index contributed by atoms with van der Waals surface area (Å²) < 4.78 is 5.86. The molecule has 0 saturated heterocycles. The van der Waals surface area contributed by atoms with E-state index in [4.69, 9.17) is 4.74 Å². The molecule has 4 heteroatoms. The van der Waals surface area contributed by atoms with Crippen LogP contribution in [0.25, 0.3) is 0 Å². The third-order valence-corrected chi connectivity index (χ3v) is 3.12. The van der Waals surface area contributed by atoms with Gasteiger partial charge in [0, 0.05) is 19.2 Å². The fraction of sp³-hybridized carbons (Fsp3) is 0.357. The van der Waals surface area contributed by atoms with Crippen molar-refractivity contribution in [2.45, 2.75) is 32.4 Å². The van der Waals surface area contributed by atoms with Crippen LogP contribution in [0.15, 0.2) is 30.6 Å². The zero-order chi connectivity index (χ0) is 12.6. The molecule has 18 heavy (non-hydrogen) atoms. The van der Waals surface area contributed by atoms with E-state index in [2.05, 4.69) is 47.6 Å². The predicted molar refractivity (Wildman–Crippen MR) is 70.8 cm³/mol. The van der Waals surface area contributed by atoms with E-state index in [-0.39, 0.29) is 5.60 Å². The zero-order valence-electron chi connectivity index (χ0n) is 10.7. The molecule has 2 N–H and O–H groups in total. The third kappa shape index (κ3) is 2.18. The van der Waals surface area contributed by atoms with Crippen LogP contribution in [-0.4, -0.2) is 15.8 Å². The Labute approximate surface area is 106 Å². The minimum absolute atomic E-state index is 0.0705. The molecule has 1 aromatic heterocycles. The Morgan fingerprint density at radius 1 is 1.44 bits per heavy atom. The Morgan fingerprint density at radius 3 is 3.11 bits per heavy atom. The predicted octanol–water partition coefficient (Wildman–Crippen LogP) is 2.74. The van der Waals surface area contributed by atoms with E-state index in [1.807, 2.05) is 6.20 Å². The van der Waals surface area contributed by atoms with E-state index in [0.717, 1.165) is 24.4 Å². The molecule has 4 nitrogen and oxygen atoms in total. The Balaban J connectivity index is 1.72. The van der Waals surface area contributed by atoms with Crippen molar-refractivity contribution in [3.8, 4) is 5.75 Å². The van der Waals surface area contributed by atoms with Crippen LogP contribution in [0.5, 0.6) is 5.75 Å². The maximum Gasteiger partial charge on any atom is 0.123 e. The zero-order valence-corrected chi connectivity index (χ0v) is 10.7. The SMILES string of the molecule is CC1(C)Cc2cc(CNc3cn[nH]c3)ccc2O1. The maximum atomic E-state index is 5.86. The van der Waals surface area contributed by atoms with E-state index in [0.29, 0.717) is 0 Å². The first kappa shape index (κ1) is 11.1. The molecule has 0 unspecified atom stereocenters. The summed E-state index contributed by atoms with van der Waals surface area (Å²) in [5, 5.41) is 10.0. The molecular weight excluding hydrogens is 226 g/mol. The van der Waals surface area contributed by atoms with Gasteiger partial charge in [0.25, 0.3) is 0 Å². The van der Waals surface area contributed by atoms with Gasteiger partial charge in [0.05, 0.1) is 11.9 Å². The van der Waals surface area contributed by atoms with Crippen molar-refractivity contribution in [2.24, 2.45) is 0 Å². The van der Waals surface area contributed by atoms with Crippen molar-refractivity contribution in [1.82, 2.24) is 10.2 Å². The van der Waals surface area contributed by atoms with E-state index in [9.17, 15) is 0 Å². The molecule has 3 rings (SSSR count). The standard InChI is InChI=1S/C14H17N3O/c1-14(2)6-11-5-10(3-4-13(11)18-14)7-15-12-8-16-17-9-12/h3-5,8-9,15H,6-7H2,1-2H3,(H,16,17). The molecule has 0 saturated carbocycles. The molecule has 0 spiro atoms. The number of hydrogen-bond donors (Lipinski definition) is 2. The lowest BCUT2D eigenvalue weighted by Gasteiger charge is -2.16. The van der Waals surface area contributed by atoms with Gasteiger partial charge in [-0.1, -0.05) is 12.1 Å². The average molecular weight is 243 g/mol. The average Bonchev–Trinajstić information content (AvgIpc) is 2.90. The first-order valence-electron chi connectivity index (χ1n) is 6.16. The van der Waals surface area contributed by atoms with Crippen LogP contribution in [0.1, 0.15) is 25.0 Å². The first-order valence-corrected chi connectivity index (χ1v) is 6.16. The Bertz CT molecular complexity index is 546. The summed E-state index contributed by atoms with van der Waals surface area (Å²) in [5.41, 5.74) is 3.49. The molecule has 2 aromatic rings. The molecule has 0 amide bonds. The van der Waals surface area contributed by atoms with Crippen molar-refractivity contribution < 1.29 is 4.74 Å². The summed E-state index contributed by atoms with van der Waals surface area (Å²) in [7, 11) is 0. The van der Waals surface area contributed by atoms with Gasteiger partial charge in [-0.25, -0.2) is 0 Å². The van der Waals surface area contributed by atoms with Crippen LogP contribution in [0.4, 0.5) is 5.69 Å². The molecule has 1 aliphatic rings. The van der Waals surface area contributed by atoms with Crippen molar-refractivity contribution in [1.29, 1.82) is 0 Å². The van der Waals surface area contributed by atoms with Gasteiger partial charge in [-0.2, -0.15) is 5.10 Å². The second kappa shape index (κ2) is 4.05. The number of fused-ring (bicyclic) bond motifs is 1. The highest BCUT2D eigenvalue weighted by Gasteiger charge is 2.29. The quantitative estimate of drug-likeness (QED) is 0.871. The highest BCUT2D eigenvalue weighted by atomic mass is 16.5. The van der Waals surface area contributed by atoms with E-state index in [1.165, 1.54) is 11.1 Å². The molecule has 94 valence electrons. The summed E-state index contributed by atoms with van der Waals surface area (Å²) in [5.74, 6) is 1.02. The van der Waals surface area contributed by atoms with Gasteiger partial charge < -0.3 is 10.1 Å². The number of rotatable bonds is 3. The lowest BCUT2D eigenvalue weighted by Crippen LogP contribution is -2.24. The van der Waals surface area contributed by atoms with Gasteiger partial charge in [0.1, 0.15) is 11.4 Å². The Hall–Kier alpha value is -1.97. The lowest BCUT2D eigenvalue weighted by molar-refractivity contribution is 0.138. The summed E-state index contributed by atoms with van der Waals surface area (Å²) in [6.07, 6.45) is 4.60. The molecule has 2 heterocycles. The Morgan fingerprint density at radius 2 is 2.33 bits per heavy atom. The number of nitrogens with one attached hydrogen (secondary N) is 2. The molecule has 1 aromatic carbocycles. The maximum absolute atomic E-state index is 5.86. The van der Waals surface area contributed by atoms with Crippen LogP contribution in [0.2, 0.25) is 0 Å². The minimum Gasteiger partial charge on any atom is -0.487 e. The van der Waals surface area contributed by atoms with Gasteiger partial charge in [-0.15, -0.1) is 0 Å². The van der Waals surface area contributed by atoms with E-state index in [1.54, 1.807) is 6.20 Å². The summed E-state index contributed by atoms with van der Waals surface area (Å²) in [6, 6.07) is 6.39. The number of anilines is 1. The Kier molecular flexibility index (Phi) is 2.51. The van der Waals surface area contributed by atoms with Crippen molar-refractivity contribution in [3.05, 3.63) is 41.7 Å². The molecule has 0 aliphatic carbocycles. The molecule has 0 atom stereocenters. The highest BCUT2D eigenvalue weighted by Crippen LogP contribution is 2.35. The number of nitrogens with zero attached hydrogens (tertiary/aromatic N) is 1. The number of aromatic amines is 1. The second-order valence-electron chi connectivity index (χ2n) is 5.32. The van der Waals surface area contributed by atoms with Crippen molar-refractivity contribution in [3.63, 3.8) is 0 Å². The first-order chi connectivity index (χ1) is 8.62. The van der Waals surface area contributed by atoms with Gasteiger partial charge in [0.15, 0.2) is 0 Å². The van der Waals surface area contributed by atoms with Gasteiger partial charge in [0.2, 0.25) is 0 Å². The number of benzene rings is 1. The van der Waals surface area contributed by atoms with Crippen LogP contribution in [0.3, 0.4) is 0 Å². The van der Waals surface area contributed by atoms with Crippen LogP contribution < -0.4 is 10.1 Å². The lowest BCUT2D eigenvalue weighted by atomic mass is 10.0. The number of H-pyrrole nitrogens is 1. The van der Waals surface area contributed by atoms with Crippen molar-refractivity contribution >= 4 is 5.69 Å². The fourth-order valence-corrected chi connectivity index (χ4v) is 2.32. The topological polar surface area (TPSA) is 49.9 Å². The molecule has 0 radical (unpaired) electrons. The molecule has 0 fully saturated rings. The largest absolute Gasteiger partial charge is 0.487 e. The number of aromatic nitrogens is 2. The summed E-state index contributed by atoms with van der Waals surface area (Å²) in [4.78, 5) is 0. The smallest absolute Gasteiger partial charge is 0.123 e. The van der Waals surface area contributed by atoms with Crippen LogP contribution in [-0.2, 0) is 13.0 Å². The fourth-order valence-electron chi connectivity index (χ4n) is 2.32. The van der Waals surface area contributed by atoms with Gasteiger partial charge in [-0.05, 0) is 31.0 Å². The molecule has 0 bridgehead atoms. The van der Waals surface area contributed by atoms with E-state index >= 15 is 0 Å². The van der Waals surface area contributed by atoms with Gasteiger partial charge in [-0.3, -0.25) is 5.10 Å². The highest BCUT2D eigenvalue weighted by molar-refractivity contribution is 5.44. The number of ether oxygens (including phenoxy) is 1. The third-order valence-electron chi connectivity index (χ3n) is 3.12. The molecule has 1 aliphatic heterocycles. The second-order valence-corrected chi connectivity index (χ2v) is 5.32. The van der Waals surface area contributed by atoms with Gasteiger partial charge >= 0.3 is 0 Å². The van der Waals surface area contributed by atoms with Crippen molar-refractivity contribution in [2.75, 3.05) is 5.32 Å². The summed E-state index contributed by atoms with van der Waals surface area (Å²) >= 11 is 0. The normalized spacial score (nSPS) is 16.1. The summed E-state index contributed by atoms with van der Waals surface area (Å²) in [6.45, 7) is 5.04. The minimum atomic E-state index is -0.0705. The van der Waals surface area contributed by atoms with E-state index < -0.39 is 0 Å². The van der Waals surface area contributed by atoms with Crippen LogP contribution >= 0.6 is 0 Å². The monoisotopic (exact) mass is 243 g/mol. The van der Waals surface area contributed by atoms with Crippen LogP contribution in [0, 0.1) is 0 Å². The molecular formula is C14H17N3O.